The van der Waals surface area contributed by atoms with E-state index in [0.717, 1.165) is 0 Å². The van der Waals surface area contributed by atoms with Crippen molar-refractivity contribution in [2.24, 2.45) is 4.99 Å². The highest BCUT2D eigenvalue weighted by Gasteiger charge is 2.33. The maximum Gasteiger partial charge on any atom is 0.280 e. The number of ketones is 1. The predicted octanol–water partition coefficient (Wildman–Crippen LogP) is 3.27. The number of aliphatic imine (C=N–C) groups is 1. The van der Waals surface area contributed by atoms with Crippen molar-refractivity contribution in [3.63, 3.8) is 0 Å². The van der Waals surface area contributed by atoms with Gasteiger partial charge in [-0.15, -0.1) is 0 Å². The number of fused-ring (bicyclic) bond motifs is 1. The van der Waals surface area contributed by atoms with E-state index in [-0.39, 0.29) is 11.5 Å². The second-order valence-electron chi connectivity index (χ2n) is 4.65. The van der Waals surface area contributed by atoms with E-state index in [0.29, 0.717) is 22.0 Å². The summed E-state index contributed by atoms with van der Waals surface area (Å²) in [6.07, 6.45) is 0. The van der Waals surface area contributed by atoms with Crippen molar-refractivity contribution >= 4 is 40.4 Å². The van der Waals surface area contributed by atoms with Gasteiger partial charge < -0.3 is 4.90 Å². The van der Waals surface area contributed by atoms with Crippen LogP contribution in [0.1, 0.15) is 10.4 Å². The molecule has 2 aromatic carbocycles. The topological polar surface area (TPSA) is 49.7 Å². The van der Waals surface area contributed by atoms with Crippen LogP contribution in [0, 0.1) is 0 Å². The lowest BCUT2D eigenvalue weighted by Gasteiger charge is -2.25. The molecular formula is C16H11ClN2O2. The fourth-order valence-electron chi connectivity index (χ4n) is 2.19. The SMILES string of the molecule is CN1C(=O)C(=Nc2ccc(Cl)cc2)C(=O)c2ccccc21. The minimum atomic E-state index is -0.409. The summed E-state index contributed by atoms with van der Waals surface area (Å²) in [5.41, 5.74) is 1.51. The van der Waals surface area contributed by atoms with Crippen molar-refractivity contribution in [2.75, 3.05) is 11.9 Å². The summed E-state index contributed by atoms with van der Waals surface area (Å²) in [7, 11) is 1.63. The lowest BCUT2D eigenvalue weighted by Crippen LogP contribution is -2.42. The number of hydrogen-bond donors (Lipinski definition) is 0. The standard InChI is InChI=1S/C16H11ClN2O2/c1-19-13-5-3-2-4-12(13)15(20)14(16(19)21)18-11-8-6-10(17)7-9-11/h2-9H,1H3. The molecule has 1 aliphatic heterocycles. The van der Waals surface area contributed by atoms with Crippen LogP contribution >= 0.6 is 11.6 Å². The Hall–Kier alpha value is -2.46. The van der Waals surface area contributed by atoms with E-state index in [1.54, 1.807) is 55.6 Å². The van der Waals surface area contributed by atoms with Gasteiger partial charge in [0.25, 0.3) is 5.91 Å². The summed E-state index contributed by atoms with van der Waals surface area (Å²) in [6, 6.07) is 13.6. The monoisotopic (exact) mass is 298 g/mol. The summed E-state index contributed by atoms with van der Waals surface area (Å²) >= 11 is 5.81. The van der Waals surface area contributed by atoms with Crippen LogP contribution in [0.25, 0.3) is 0 Å². The average Bonchev–Trinajstić information content (AvgIpc) is 2.51. The maximum atomic E-state index is 12.4. The van der Waals surface area contributed by atoms with Gasteiger partial charge >= 0.3 is 0 Å². The van der Waals surface area contributed by atoms with Crippen molar-refractivity contribution < 1.29 is 9.59 Å². The lowest BCUT2D eigenvalue weighted by molar-refractivity contribution is -0.112. The molecule has 1 aliphatic rings. The zero-order chi connectivity index (χ0) is 15.0. The van der Waals surface area contributed by atoms with Gasteiger partial charge in [-0.25, -0.2) is 4.99 Å². The molecule has 0 aromatic heterocycles. The molecule has 0 fully saturated rings. The molecule has 0 bridgehead atoms. The number of rotatable bonds is 1. The highest BCUT2D eigenvalue weighted by Crippen LogP contribution is 2.26. The van der Waals surface area contributed by atoms with Gasteiger partial charge in [-0.3, -0.25) is 9.59 Å². The summed E-state index contributed by atoms with van der Waals surface area (Å²) in [4.78, 5) is 30.4. The Morgan fingerprint density at radius 2 is 1.67 bits per heavy atom. The smallest absolute Gasteiger partial charge is 0.280 e. The normalized spacial score (nSPS) is 16.3. The van der Waals surface area contributed by atoms with Crippen LogP contribution in [0.4, 0.5) is 11.4 Å². The molecule has 0 aliphatic carbocycles. The molecule has 0 atom stereocenters. The zero-order valence-corrected chi connectivity index (χ0v) is 12.0. The molecule has 1 amide bonds. The Labute approximate surface area is 126 Å². The van der Waals surface area contributed by atoms with Gasteiger partial charge in [0.15, 0.2) is 5.71 Å². The van der Waals surface area contributed by atoms with Crippen LogP contribution < -0.4 is 4.90 Å². The summed E-state index contributed by atoms with van der Waals surface area (Å²) < 4.78 is 0. The zero-order valence-electron chi connectivity index (χ0n) is 11.2. The van der Waals surface area contributed by atoms with Crippen molar-refractivity contribution in [1.29, 1.82) is 0 Å². The summed E-state index contributed by atoms with van der Waals surface area (Å²) in [5.74, 6) is -0.766. The number of benzene rings is 2. The molecule has 21 heavy (non-hydrogen) atoms. The van der Waals surface area contributed by atoms with Crippen LogP contribution in [0.5, 0.6) is 0 Å². The molecule has 5 heteroatoms. The molecule has 0 spiro atoms. The van der Waals surface area contributed by atoms with Gasteiger partial charge in [0.2, 0.25) is 5.78 Å². The van der Waals surface area contributed by atoms with E-state index in [4.69, 9.17) is 11.6 Å². The third-order valence-electron chi connectivity index (χ3n) is 3.30. The van der Waals surface area contributed by atoms with Gasteiger partial charge in [0.1, 0.15) is 0 Å². The molecule has 0 N–H and O–H groups in total. The Balaban J connectivity index is 2.10. The minimum absolute atomic E-state index is 0.0847. The molecule has 0 unspecified atom stereocenters. The Morgan fingerprint density at radius 1 is 1.00 bits per heavy atom. The van der Waals surface area contributed by atoms with E-state index in [2.05, 4.69) is 4.99 Å². The van der Waals surface area contributed by atoms with Crippen LogP contribution in [0.15, 0.2) is 53.5 Å². The molecule has 0 saturated carbocycles. The molecule has 0 saturated heterocycles. The number of carbonyl (C=O) groups is 2. The molecular weight excluding hydrogens is 288 g/mol. The lowest BCUT2D eigenvalue weighted by atomic mass is 9.98. The molecule has 0 radical (unpaired) electrons. The first-order chi connectivity index (χ1) is 10.1. The largest absolute Gasteiger partial charge is 0.309 e. The van der Waals surface area contributed by atoms with Gasteiger partial charge in [0.05, 0.1) is 11.4 Å². The van der Waals surface area contributed by atoms with E-state index < -0.39 is 5.91 Å². The average molecular weight is 299 g/mol. The molecule has 2 aromatic rings. The minimum Gasteiger partial charge on any atom is -0.309 e. The highest BCUT2D eigenvalue weighted by molar-refractivity contribution is 6.73. The first-order valence-corrected chi connectivity index (χ1v) is 6.72. The number of Topliss-reactive ketones (excluding diaryl/α,β-unsaturated/α-hetero) is 1. The van der Waals surface area contributed by atoms with Crippen molar-refractivity contribution in [3.8, 4) is 0 Å². The third kappa shape index (κ3) is 2.34. The number of halogens is 1. The summed E-state index contributed by atoms with van der Waals surface area (Å²) in [6.45, 7) is 0. The first-order valence-electron chi connectivity index (χ1n) is 6.34. The molecule has 4 nitrogen and oxygen atoms in total. The van der Waals surface area contributed by atoms with Gasteiger partial charge in [-0.2, -0.15) is 0 Å². The van der Waals surface area contributed by atoms with Crippen molar-refractivity contribution in [2.45, 2.75) is 0 Å². The maximum absolute atomic E-state index is 12.4. The van der Waals surface area contributed by atoms with Crippen molar-refractivity contribution in [3.05, 3.63) is 59.1 Å². The fourth-order valence-corrected chi connectivity index (χ4v) is 2.32. The molecule has 3 rings (SSSR count). The first kappa shape index (κ1) is 13.5. The van der Waals surface area contributed by atoms with Crippen LogP contribution in [-0.2, 0) is 4.79 Å². The number of nitrogens with zero attached hydrogens (tertiary/aromatic N) is 2. The van der Waals surface area contributed by atoms with Crippen LogP contribution in [0.2, 0.25) is 5.02 Å². The van der Waals surface area contributed by atoms with E-state index in [9.17, 15) is 9.59 Å². The van der Waals surface area contributed by atoms with E-state index in [1.165, 1.54) is 4.90 Å². The molecule has 104 valence electrons. The van der Waals surface area contributed by atoms with Gasteiger partial charge in [-0.05, 0) is 36.4 Å². The highest BCUT2D eigenvalue weighted by atomic mass is 35.5. The Morgan fingerprint density at radius 3 is 2.38 bits per heavy atom. The Bertz CT molecular complexity index is 766. The van der Waals surface area contributed by atoms with Gasteiger partial charge in [0, 0.05) is 17.6 Å². The molecule has 1 heterocycles. The van der Waals surface area contributed by atoms with Crippen molar-refractivity contribution in [1.82, 2.24) is 0 Å². The number of para-hydroxylation sites is 1. The second kappa shape index (κ2) is 5.14. The number of amides is 1. The quantitative estimate of drug-likeness (QED) is 0.811. The summed E-state index contributed by atoms with van der Waals surface area (Å²) in [5, 5.41) is 0.572. The number of hydrogen-bond acceptors (Lipinski definition) is 3. The fraction of sp³-hybridized carbons (Fsp3) is 0.0625. The number of carbonyl (C=O) groups excluding carboxylic acids is 2. The Kier molecular flexibility index (Phi) is 3.31. The van der Waals surface area contributed by atoms with E-state index >= 15 is 0 Å². The van der Waals surface area contributed by atoms with Crippen LogP contribution in [0.3, 0.4) is 0 Å². The second-order valence-corrected chi connectivity index (χ2v) is 5.08. The predicted molar refractivity (Wildman–Crippen MR) is 82.7 cm³/mol. The van der Waals surface area contributed by atoms with Crippen LogP contribution in [-0.4, -0.2) is 24.4 Å². The van der Waals surface area contributed by atoms with Gasteiger partial charge in [-0.1, -0.05) is 23.7 Å². The van der Waals surface area contributed by atoms with E-state index in [1.807, 2.05) is 0 Å². The third-order valence-corrected chi connectivity index (χ3v) is 3.55. The number of anilines is 1.